The number of aryl methyl sites for hydroxylation is 1. The lowest BCUT2D eigenvalue weighted by molar-refractivity contribution is 0.190. The molecule has 0 bridgehead atoms. The van der Waals surface area contributed by atoms with Gasteiger partial charge < -0.3 is 14.8 Å². The van der Waals surface area contributed by atoms with Crippen molar-refractivity contribution in [3.63, 3.8) is 0 Å². The Kier molecular flexibility index (Phi) is 5.67. The lowest BCUT2D eigenvalue weighted by atomic mass is 9.97. The van der Waals surface area contributed by atoms with Crippen LogP contribution in [-0.4, -0.2) is 35.6 Å². The number of nitrogens with one attached hydrogen (secondary N) is 1. The van der Waals surface area contributed by atoms with E-state index < -0.39 is 0 Å². The van der Waals surface area contributed by atoms with Gasteiger partial charge in [0.1, 0.15) is 0 Å². The summed E-state index contributed by atoms with van der Waals surface area (Å²) < 4.78 is 2.40. The van der Waals surface area contributed by atoms with Gasteiger partial charge in [-0.1, -0.05) is 6.92 Å². The van der Waals surface area contributed by atoms with Crippen molar-refractivity contribution in [3.8, 4) is 0 Å². The van der Waals surface area contributed by atoms with E-state index in [1.807, 2.05) is 0 Å². The lowest BCUT2D eigenvalue weighted by Crippen LogP contribution is -2.37. The number of rotatable bonds is 6. The minimum Gasteiger partial charge on any atom is -0.349 e. The van der Waals surface area contributed by atoms with Crippen LogP contribution in [0.2, 0.25) is 0 Å². The highest BCUT2D eigenvalue weighted by Crippen LogP contribution is 2.17. The maximum atomic E-state index is 3.68. The van der Waals surface area contributed by atoms with Gasteiger partial charge in [0, 0.05) is 24.5 Å². The van der Waals surface area contributed by atoms with E-state index in [1.165, 1.54) is 56.0 Å². The van der Waals surface area contributed by atoms with E-state index in [0.717, 1.165) is 19.0 Å². The van der Waals surface area contributed by atoms with Crippen LogP contribution in [0.4, 0.5) is 0 Å². The summed E-state index contributed by atoms with van der Waals surface area (Å²) in [5, 5.41) is 3.68. The second-order valence-corrected chi connectivity index (χ2v) is 6.15. The van der Waals surface area contributed by atoms with Crippen molar-refractivity contribution >= 4 is 0 Å². The van der Waals surface area contributed by atoms with Crippen molar-refractivity contribution in [1.29, 1.82) is 0 Å². The smallest absolute Gasteiger partial charge is 0.0223 e. The maximum Gasteiger partial charge on any atom is 0.0223 e. The number of nitrogens with zero attached hydrogens (tertiary/aromatic N) is 2. The van der Waals surface area contributed by atoms with Crippen LogP contribution >= 0.6 is 0 Å². The molecule has 114 valence electrons. The summed E-state index contributed by atoms with van der Waals surface area (Å²) >= 11 is 0. The third-order valence-electron chi connectivity index (χ3n) is 4.90. The molecule has 1 N–H and O–H groups in total. The topological polar surface area (TPSA) is 20.2 Å². The zero-order valence-electron chi connectivity index (χ0n) is 13.7. The number of likely N-dealkylation sites (tertiary alicyclic amines) is 1. The average Bonchev–Trinajstić information content (AvgIpc) is 2.74. The molecule has 0 radical (unpaired) electrons. The predicted octanol–water partition coefficient (Wildman–Crippen LogP) is 2.95. The molecule has 1 aliphatic heterocycles. The van der Waals surface area contributed by atoms with Crippen molar-refractivity contribution in [2.45, 2.75) is 53.6 Å². The zero-order valence-corrected chi connectivity index (χ0v) is 13.7. The largest absolute Gasteiger partial charge is 0.349 e. The van der Waals surface area contributed by atoms with E-state index in [4.69, 9.17) is 0 Å². The molecule has 20 heavy (non-hydrogen) atoms. The molecule has 1 aliphatic rings. The van der Waals surface area contributed by atoms with Gasteiger partial charge in [-0.3, -0.25) is 0 Å². The average molecular weight is 277 g/mol. The number of aromatic nitrogens is 1. The van der Waals surface area contributed by atoms with Crippen molar-refractivity contribution in [2.24, 2.45) is 5.92 Å². The highest BCUT2D eigenvalue weighted by atomic mass is 15.1. The molecule has 3 nitrogen and oxygen atoms in total. The second kappa shape index (κ2) is 7.28. The molecular weight excluding hydrogens is 246 g/mol. The Bertz CT molecular complexity index is 414. The van der Waals surface area contributed by atoms with Crippen molar-refractivity contribution in [1.82, 2.24) is 14.8 Å². The van der Waals surface area contributed by atoms with E-state index in [2.05, 4.69) is 48.5 Å². The fraction of sp³-hybridized carbons (Fsp3) is 0.765. The quantitative estimate of drug-likeness (QED) is 0.863. The van der Waals surface area contributed by atoms with Gasteiger partial charge in [-0.05, 0) is 77.3 Å². The Morgan fingerprint density at radius 2 is 1.85 bits per heavy atom. The van der Waals surface area contributed by atoms with Crippen molar-refractivity contribution in [2.75, 3.05) is 26.2 Å². The Labute approximate surface area is 124 Å². The summed E-state index contributed by atoms with van der Waals surface area (Å²) in [4.78, 5) is 2.56. The van der Waals surface area contributed by atoms with E-state index in [0.29, 0.717) is 0 Å². The Hall–Kier alpha value is -0.800. The molecule has 0 atom stereocenters. The Balaban J connectivity index is 1.76. The molecule has 1 aromatic rings. The molecule has 1 saturated heterocycles. The molecule has 2 rings (SSSR count). The molecule has 0 saturated carbocycles. The first-order chi connectivity index (χ1) is 9.65. The lowest BCUT2D eigenvalue weighted by Gasteiger charge is -2.31. The third kappa shape index (κ3) is 3.64. The Morgan fingerprint density at radius 1 is 1.15 bits per heavy atom. The number of hydrogen-bond donors (Lipinski definition) is 1. The SMILES string of the molecule is CCN1CCC(CNCc2cc(C)n(CC)c2C)CC1. The minimum atomic E-state index is 0.868. The van der Waals surface area contributed by atoms with Crippen LogP contribution in [0.15, 0.2) is 6.07 Å². The van der Waals surface area contributed by atoms with E-state index in [1.54, 1.807) is 0 Å². The molecule has 3 heteroatoms. The van der Waals surface area contributed by atoms with Gasteiger partial charge in [-0.2, -0.15) is 0 Å². The van der Waals surface area contributed by atoms with Gasteiger partial charge in [0.25, 0.3) is 0 Å². The molecule has 0 unspecified atom stereocenters. The normalized spacial score (nSPS) is 17.8. The van der Waals surface area contributed by atoms with Crippen LogP contribution in [0.1, 0.15) is 43.6 Å². The fourth-order valence-electron chi connectivity index (χ4n) is 3.46. The molecule has 1 aromatic heterocycles. The summed E-state index contributed by atoms with van der Waals surface area (Å²) in [5.41, 5.74) is 4.28. The first-order valence-corrected chi connectivity index (χ1v) is 8.24. The zero-order chi connectivity index (χ0) is 14.5. The number of piperidine rings is 1. The van der Waals surface area contributed by atoms with Gasteiger partial charge in [0.15, 0.2) is 0 Å². The molecular formula is C17H31N3. The van der Waals surface area contributed by atoms with Crippen LogP contribution in [-0.2, 0) is 13.1 Å². The van der Waals surface area contributed by atoms with Gasteiger partial charge in [0.2, 0.25) is 0 Å². The molecule has 0 aromatic carbocycles. The summed E-state index contributed by atoms with van der Waals surface area (Å²) in [7, 11) is 0. The Morgan fingerprint density at radius 3 is 2.40 bits per heavy atom. The predicted molar refractivity (Wildman–Crippen MR) is 86.1 cm³/mol. The first-order valence-electron chi connectivity index (χ1n) is 8.24. The molecule has 2 heterocycles. The molecule has 0 spiro atoms. The van der Waals surface area contributed by atoms with Gasteiger partial charge >= 0.3 is 0 Å². The monoisotopic (exact) mass is 277 g/mol. The van der Waals surface area contributed by atoms with E-state index in [9.17, 15) is 0 Å². The highest BCUT2D eigenvalue weighted by Gasteiger charge is 2.17. The van der Waals surface area contributed by atoms with Crippen LogP contribution in [0.25, 0.3) is 0 Å². The summed E-state index contributed by atoms with van der Waals surface area (Å²) in [6, 6.07) is 2.34. The third-order valence-corrected chi connectivity index (χ3v) is 4.90. The van der Waals surface area contributed by atoms with E-state index in [-0.39, 0.29) is 0 Å². The van der Waals surface area contributed by atoms with E-state index >= 15 is 0 Å². The van der Waals surface area contributed by atoms with Crippen molar-refractivity contribution in [3.05, 3.63) is 23.0 Å². The summed E-state index contributed by atoms with van der Waals surface area (Å²) in [6.45, 7) is 16.0. The maximum absolute atomic E-state index is 3.68. The first kappa shape index (κ1) is 15.6. The minimum absolute atomic E-state index is 0.868. The summed E-state index contributed by atoms with van der Waals surface area (Å²) in [5.74, 6) is 0.868. The number of hydrogen-bond acceptors (Lipinski definition) is 2. The van der Waals surface area contributed by atoms with Crippen LogP contribution in [0.3, 0.4) is 0 Å². The van der Waals surface area contributed by atoms with Crippen LogP contribution in [0.5, 0.6) is 0 Å². The van der Waals surface area contributed by atoms with Gasteiger partial charge in [-0.15, -0.1) is 0 Å². The molecule has 1 fully saturated rings. The van der Waals surface area contributed by atoms with Crippen LogP contribution in [0, 0.1) is 19.8 Å². The second-order valence-electron chi connectivity index (χ2n) is 6.15. The fourth-order valence-corrected chi connectivity index (χ4v) is 3.46. The standard InChI is InChI=1S/C17H31N3/c1-5-19-9-7-16(8-10-19)12-18-13-17-11-14(3)20(6-2)15(17)4/h11,16,18H,5-10,12-13H2,1-4H3. The molecule has 0 amide bonds. The van der Waals surface area contributed by atoms with Gasteiger partial charge in [0.05, 0.1) is 0 Å². The summed E-state index contributed by atoms with van der Waals surface area (Å²) in [6.07, 6.45) is 2.71. The molecule has 0 aliphatic carbocycles. The van der Waals surface area contributed by atoms with Crippen LogP contribution < -0.4 is 5.32 Å². The highest BCUT2D eigenvalue weighted by molar-refractivity contribution is 5.26. The van der Waals surface area contributed by atoms with Gasteiger partial charge in [-0.25, -0.2) is 0 Å². The van der Waals surface area contributed by atoms with Crippen molar-refractivity contribution < 1.29 is 0 Å².